The molecule has 0 aliphatic heterocycles. The monoisotopic (exact) mass is 147 g/mol. The van der Waals surface area contributed by atoms with Gasteiger partial charge in [0.25, 0.3) is 0 Å². The van der Waals surface area contributed by atoms with Crippen LogP contribution < -0.4 is 11.2 Å². The van der Waals surface area contributed by atoms with Crippen LogP contribution >= 0.6 is 0 Å². The van der Waals surface area contributed by atoms with Gasteiger partial charge in [-0.05, 0) is 0 Å². The van der Waals surface area contributed by atoms with Gasteiger partial charge in [0.15, 0.2) is 0 Å². The Morgan fingerprint density at radius 3 is 2.70 bits per heavy atom. The number of amides is 2. The summed E-state index contributed by atoms with van der Waals surface area (Å²) in [7, 11) is 0. The predicted molar refractivity (Wildman–Crippen MR) is 37.1 cm³/mol. The first-order chi connectivity index (χ1) is 4.70. The van der Waals surface area contributed by atoms with Crippen LogP contribution in [0, 0.1) is 0 Å². The lowest BCUT2D eigenvalue weighted by Gasteiger charge is -2.18. The molecule has 60 valence electrons. The highest BCUT2D eigenvalue weighted by molar-refractivity contribution is 5.70. The van der Waals surface area contributed by atoms with Gasteiger partial charge in [-0.3, -0.25) is 5.43 Å². The molecule has 0 aliphatic rings. The van der Waals surface area contributed by atoms with E-state index in [1.54, 1.807) is 0 Å². The minimum Gasteiger partial charge on any atom is -0.395 e. The summed E-state index contributed by atoms with van der Waals surface area (Å²) in [6.45, 7) is 2.89. The lowest BCUT2D eigenvalue weighted by atomic mass is 10.6. The molecule has 0 bridgehead atoms. The van der Waals surface area contributed by atoms with Gasteiger partial charge in [0, 0.05) is 13.1 Å². The molecule has 0 saturated heterocycles. The van der Waals surface area contributed by atoms with Gasteiger partial charge in [0.1, 0.15) is 0 Å². The molecule has 0 aromatic carbocycles. The third-order valence-electron chi connectivity index (χ3n) is 1.02. The lowest BCUT2D eigenvalue weighted by Crippen LogP contribution is -2.46. The van der Waals surface area contributed by atoms with E-state index in [9.17, 15) is 4.79 Å². The normalized spacial score (nSPS) is 9.90. The highest BCUT2D eigenvalue weighted by Crippen LogP contribution is 1.78. The molecule has 4 N–H and O–H groups in total. The number of urea groups is 1. The smallest absolute Gasteiger partial charge is 0.326 e. The molecular weight excluding hydrogens is 134 g/mol. The quantitative estimate of drug-likeness (QED) is 0.441. The summed E-state index contributed by atoms with van der Waals surface area (Å²) in [6, 6.07) is -0.602. The summed E-state index contributed by atoms with van der Waals surface area (Å²) < 4.78 is 0. The van der Waals surface area contributed by atoms with Crippen molar-refractivity contribution < 1.29 is 9.90 Å². The van der Waals surface area contributed by atoms with Crippen molar-refractivity contribution in [3.63, 3.8) is 0 Å². The number of carbonyl (C=O) groups is 1. The lowest BCUT2D eigenvalue weighted by molar-refractivity contribution is 0.155. The van der Waals surface area contributed by atoms with E-state index in [1.807, 2.05) is 6.92 Å². The van der Waals surface area contributed by atoms with E-state index in [-0.39, 0.29) is 6.61 Å². The third-order valence-corrected chi connectivity index (χ3v) is 1.02. The van der Waals surface area contributed by atoms with E-state index < -0.39 is 6.03 Å². The van der Waals surface area contributed by atoms with Crippen LogP contribution in [0.1, 0.15) is 6.92 Å². The second kappa shape index (κ2) is 5.01. The number of hydrogen-bond donors (Lipinski definition) is 3. The number of hydrogen-bond acceptors (Lipinski definition) is 3. The molecule has 0 saturated carbocycles. The molecule has 0 spiro atoms. The van der Waals surface area contributed by atoms with Crippen LogP contribution in [0.15, 0.2) is 0 Å². The molecule has 5 heteroatoms. The van der Waals surface area contributed by atoms with Crippen molar-refractivity contribution in [1.29, 1.82) is 0 Å². The van der Waals surface area contributed by atoms with Crippen molar-refractivity contribution >= 4 is 6.03 Å². The molecule has 0 radical (unpaired) electrons. The van der Waals surface area contributed by atoms with Crippen molar-refractivity contribution in [2.24, 2.45) is 5.73 Å². The van der Waals surface area contributed by atoms with Gasteiger partial charge in [-0.2, -0.15) is 0 Å². The Kier molecular flexibility index (Phi) is 4.61. The van der Waals surface area contributed by atoms with Crippen LogP contribution in [0.5, 0.6) is 0 Å². The van der Waals surface area contributed by atoms with Crippen LogP contribution in [0.4, 0.5) is 4.79 Å². The summed E-state index contributed by atoms with van der Waals surface area (Å²) in [5.74, 6) is 0. The molecule has 0 unspecified atom stereocenters. The molecule has 0 heterocycles. The summed E-state index contributed by atoms with van der Waals surface area (Å²) in [5, 5.41) is 9.98. The van der Waals surface area contributed by atoms with Gasteiger partial charge in [-0.25, -0.2) is 9.80 Å². The van der Waals surface area contributed by atoms with Crippen molar-refractivity contribution in [3.05, 3.63) is 0 Å². The number of aliphatic hydroxyl groups excluding tert-OH is 1. The minimum atomic E-state index is -0.602. The Morgan fingerprint density at radius 2 is 2.40 bits per heavy atom. The first kappa shape index (κ1) is 9.19. The Balaban J connectivity index is 3.49. The average Bonchev–Trinajstić information content (AvgIpc) is 1.86. The van der Waals surface area contributed by atoms with Gasteiger partial charge < -0.3 is 10.8 Å². The number of aliphatic hydroxyl groups is 1. The molecule has 0 aliphatic carbocycles. The third kappa shape index (κ3) is 4.11. The van der Waals surface area contributed by atoms with Crippen LogP contribution in [0.2, 0.25) is 0 Å². The molecule has 0 aromatic rings. The molecule has 10 heavy (non-hydrogen) atoms. The van der Waals surface area contributed by atoms with E-state index in [2.05, 4.69) is 5.43 Å². The summed E-state index contributed by atoms with van der Waals surface area (Å²) >= 11 is 0. The van der Waals surface area contributed by atoms with E-state index in [4.69, 9.17) is 10.8 Å². The number of nitrogens with one attached hydrogen (secondary N) is 1. The van der Waals surface area contributed by atoms with E-state index >= 15 is 0 Å². The number of rotatable bonds is 4. The summed E-state index contributed by atoms with van der Waals surface area (Å²) in [4.78, 5) is 10.2. The topological polar surface area (TPSA) is 78.6 Å². The van der Waals surface area contributed by atoms with E-state index in [0.717, 1.165) is 0 Å². The summed E-state index contributed by atoms with van der Waals surface area (Å²) in [5.41, 5.74) is 7.17. The van der Waals surface area contributed by atoms with Crippen molar-refractivity contribution in [2.75, 3.05) is 19.7 Å². The number of carbonyl (C=O) groups excluding carboxylic acids is 1. The number of primary amides is 1. The molecule has 5 nitrogen and oxygen atoms in total. The molecular formula is C5H13N3O2. The predicted octanol–water partition coefficient (Wildman–Crippen LogP) is -1.12. The Morgan fingerprint density at radius 1 is 1.80 bits per heavy atom. The van der Waals surface area contributed by atoms with Crippen LogP contribution in [0.25, 0.3) is 0 Å². The fraction of sp³-hybridized carbons (Fsp3) is 0.800. The van der Waals surface area contributed by atoms with Gasteiger partial charge in [-0.1, -0.05) is 6.92 Å². The fourth-order valence-electron chi connectivity index (χ4n) is 0.570. The molecule has 0 aromatic heterocycles. The zero-order chi connectivity index (χ0) is 7.98. The van der Waals surface area contributed by atoms with Crippen molar-refractivity contribution in [3.8, 4) is 0 Å². The van der Waals surface area contributed by atoms with Crippen LogP contribution in [-0.4, -0.2) is 35.8 Å². The van der Waals surface area contributed by atoms with Crippen LogP contribution in [-0.2, 0) is 0 Å². The van der Waals surface area contributed by atoms with Gasteiger partial charge in [-0.15, -0.1) is 0 Å². The van der Waals surface area contributed by atoms with Crippen molar-refractivity contribution in [2.45, 2.75) is 6.92 Å². The molecule has 0 rings (SSSR count). The first-order valence-corrected chi connectivity index (χ1v) is 3.12. The Labute approximate surface area is 59.8 Å². The second-order valence-electron chi connectivity index (χ2n) is 1.78. The fourth-order valence-corrected chi connectivity index (χ4v) is 0.570. The number of nitrogens with two attached hydrogens (primary N) is 1. The van der Waals surface area contributed by atoms with Crippen molar-refractivity contribution in [1.82, 2.24) is 10.4 Å². The number of nitrogens with zero attached hydrogens (tertiary/aromatic N) is 1. The maximum atomic E-state index is 10.2. The second-order valence-corrected chi connectivity index (χ2v) is 1.78. The maximum absolute atomic E-state index is 10.2. The molecule has 2 amide bonds. The van der Waals surface area contributed by atoms with Gasteiger partial charge >= 0.3 is 6.03 Å². The molecule has 0 atom stereocenters. The maximum Gasteiger partial charge on any atom is 0.326 e. The largest absolute Gasteiger partial charge is 0.395 e. The highest BCUT2D eigenvalue weighted by Gasteiger charge is 2.00. The molecule has 0 fully saturated rings. The van der Waals surface area contributed by atoms with Crippen LogP contribution in [0.3, 0.4) is 0 Å². The number of hydrazine groups is 1. The number of likely N-dealkylation sites (N-methyl/N-ethyl adjacent to an activating group) is 1. The van der Waals surface area contributed by atoms with Gasteiger partial charge in [0.05, 0.1) is 6.61 Å². The zero-order valence-corrected chi connectivity index (χ0v) is 6.00. The summed E-state index contributed by atoms with van der Waals surface area (Å²) in [6.07, 6.45) is 0. The zero-order valence-electron chi connectivity index (χ0n) is 6.00. The van der Waals surface area contributed by atoms with E-state index in [1.165, 1.54) is 5.01 Å². The van der Waals surface area contributed by atoms with Gasteiger partial charge in [0.2, 0.25) is 0 Å². The SMILES string of the molecule is CCN(CCO)NC(N)=O. The Hall–Kier alpha value is -0.810. The minimum absolute atomic E-state index is 0.00806. The standard InChI is InChI=1S/C5H13N3O2/c1-2-8(3-4-9)7-5(6)10/h9H,2-4H2,1H3,(H3,6,7,10). The first-order valence-electron chi connectivity index (χ1n) is 3.12. The van der Waals surface area contributed by atoms with E-state index in [0.29, 0.717) is 13.1 Å². The highest BCUT2D eigenvalue weighted by atomic mass is 16.3. The Bertz CT molecular complexity index is 107. The average molecular weight is 147 g/mol.